The molecule has 5 atom stereocenters. The van der Waals surface area contributed by atoms with Crippen LogP contribution in [0.3, 0.4) is 0 Å². The van der Waals surface area contributed by atoms with Crippen molar-refractivity contribution in [3.63, 3.8) is 0 Å². The number of amides is 2. The van der Waals surface area contributed by atoms with E-state index in [-0.39, 0.29) is 12.5 Å². The molecule has 134 valence electrons. The van der Waals surface area contributed by atoms with Crippen LogP contribution in [0.25, 0.3) is 0 Å². The molecule has 9 nitrogen and oxygen atoms in total. The molecule has 1 aliphatic rings. The molecule has 0 bridgehead atoms. The van der Waals surface area contributed by atoms with Crippen LogP contribution in [0.1, 0.15) is 32.6 Å². The van der Waals surface area contributed by atoms with Crippen molar-refractivity contribution < 1.29 is 34.4 Å². The molecule has 6 N–H and O–H groups in total. The summed E-state index contributed by atoms with van der Waals surface area (Å²) in [5, 5.41) is 31.6. The van der Waals surface area contributed by atoms with Gasteiger partial charge < -0.3 is 35.8 Å². The molecule has 1 saturated heterocycles. The maximum absolute atomic E-state index is 11.2. The van der Waals surface area contributed by atoms with E-state index in [0.717, 1.165) is 6.42 Å². The summed E-state index contributed by atoms with van der Waals surface area (Å²) in [6, 6.07) is -0.934. The Morgan fingerprint density at radius 3 is 2.48 bits per heavy atom. The predicted molar refractivity (Wildman–Crippen MR) is 79.0 cm³/mol. The lowest BCUT2D eigenvalue weighted by Gasteiger charge is -2.42. The van der Waals surface area contributed by atoms with Crippen LogP contribution in [0.4, 0.5) is 0 Å². The number of carbonyl (C=O) groups is 2. The van der Waals surface area contributed by atoms with Gasteiger partial charge in [-0.1, -0.05) is 6.42 Å². The molecular weight excluding hydrogens is 308 g/mol. The summed E-state index contributed by atoms with van der Waals surface area (Å²) in [6.07, 6.45) is -2.28. The van der Waals surface area contributed by atoms with Crippen molar-refractivity contribution in [1.29, 1.82) is 0 Å². The summed E-state index contributed by atoms with van der Waals surface area (Å²) in [5.74, 6) is -0.752. The molecule has 0 aromatic heterocycles. The van der Waals surface area contributed by atoms with Crippen LogP contribution in [0.2, 0.25) is 0 Å². The summed E-state index contributed by atoms with van der Waals surface area (Å²) in [6.45, 7) is 1.07. The highest BCUT2D eigenvalue weighted by Crippen LogP contribution is 2.22. The molecule has 23 heavy (non-hydrogen) atoms. The van der Waals surface area contributed by atoms with Gasteiger partial charge in [0.1, 0.15) is 24.4 Å². The number of aliphatic hydroxyl groups excluding tert-OH is 3. The Labute approximate surface area is 134 Å². The monoisotopic (exact) mass is 334 g/mol. The average molecular weight is 334 g/mol. The molecule has 2 amide bonds. The van der Waals surface area contributed by atoms with Crippen LogP contribution in [0.15, 0.2) is 0 Å². The minimum absolute atomic E-state index is 0.278. The Morgan fingerprint density at radius 1 is 1.22 bits per heavy atom. The molecule has 1 rings (SSSR count). The van der Waals surface area contributed by atoms with Gasteiger partial charge >= 0.3 is 0 Å². The highest BCUT2D eigenvalue weighted by molar-refractivity contribution is 5.73. The summed E-state index contributed by atoms with van der Waals surface area (Å²) >= 11 is 0. The standard InChI is InChI=1S/C14H26N2O7/c1-8(18)16-11-13(21)12(20)9(7-17)23-14(11)22-6-4-2-3-5-10(15)19/h9,11-14,17,20-21H,2-7H2,1H3,(H2,15,19)(H,16,18)/t9?,11-,12-,13?,14+/m0/s1. The first-order chi connectivity index (χ1) is 10.9. The molecule has 1 heterocycles. The Balaban J connectivity index is 2.49. The van der Waals surface area contributed by atoms with Gasteiger partial charge in [0.15, 0.2) is 6.29 Å². The first-order valence-corrected chi connectivity index (χ1v) is 7.66. The number of hydrogen-bond donors (Lipinski definition) is 5. The quantitative estimate of drug-likeness (QED) is 0.306. The highest BCUT2D eigenvalue weighted by Gasteiger charge is 2.45. The fraction of sp³-hybridized carbons (Fsp3) is 0.857. The van der Waals surface area contributed by atoms with Gasteiger partial charge in [0, 0.05) is 20.0 Å². The Kier molecular flexibility index (Phi) is 8.42. The number of ether oxygens (including phenoxy) is 2. The van der Waals surface area contributed by atoms with Crippen LogP contribution in [0.5, 0.6) is 0 Å². The average Bonchev–Trinajstić information content (AvgIpc) is 2.48. The van der Waals surface area contributed by atoms with Gasteiger partial charge in [-0.25, -0.2) is 0 Å². The molecule has 0 aliphatic carbocycles. The second-order valence-corrected chi connectivity index (χ2v) is 5.58. The van der Waals surface area contributed by atoms with Gasteiger partial charge in [-0.2, -0.15) is 0 Å². The first kappa shape index (κ1) is 19.8. The number of nitrogens with one attached hydrogen (secondary N) is 1. The summed E-state index contributed by atoms with van der Waals surface area (Å²) in [5.41, 5.74) is 5.04. The third-order valence-electron chi connectivity index (χ3n) is 3.60. The van der Waals surface area contributed by atoms with Crippen molar-refractivity contribution in [2.45, 2.75) is 63.3 Å². The molecule has 0 aromatic rings. The van der Waals surface area contributed by atoms with E-state index in [1.807, 2.05) is 0 Å². The third kappa shape index (κ3) is 6.40. The van der Waals surface area contributed by atoms with Gasteiger partial charge in [0.25, 0.3) is 0 Å². The maximum Gasteiger partial charge on any atom is 0.217 e. The molecule has 9 heteroatoms. The molecule has 0 saturated carbocycles. The zero-order valence-electron chi connectivity index (χ0n) is 13.2. The molecule has 1 fully saturated rings. The van der Waals surface area contributed by atoms with Crippen molar-refractivity contribution in [2.24, 2.45) is 5.73 Å². The fourth-order valence-electron chi connectivity index (χ4n) is 2.39. The molecule has 0 aromatic carbocycles. The predicted octanol–water partition coefficient (Wildman–Crippen LogP) is -2.01. The largest absolute Gasteiger partial charge is 0.394 e. The number of rotatable bonds is 9. The second kappa shape index (κ2) is 9.78. The Bertz CT molecular complexity index is 393. The van der Waals surface area contributed by atoms with E-state index in [1.54, 1.807) is 0 Å². The van der Waals surface area contributed by atoms with E-state index in [1.165, 1.54) is 6.92 Å². The summed E-state index contributed by atoms with van der Waals surface area (Å²) in [4.78, 5) is 21.8. The first-order valence-electron chi connectivity index (χ1n) is 7.66. The van der Waals surface area contributed by atoms with E-state index in [9.17, 15) is 24.9 Å². The zero-order chi connectivity index (χ0) is 17.4. The normalized spacial score (nSPS) is 30.9. The van der Waals surface area contributed by atoms with Gasteiger partial charge in [0.05, 0.1) is 6.61 Å². The van der Waals surface area contributed by atoms with Crippen molar-refractivity contribution in [3.05, 3.63) is 0 Å². The lowest BCUT2D eigenvalue weighted by Crippen LogP contribution is -2.64. The van der Waals surface area contributed by atoms with Crippen LogP contribution < -0.4 is 11.1 Å². The number of unbranched alkanes of at least 4 members (excludes halogenated alkanes) is 2. The zero-order valence-corrected chi connectivity index (χ0v) is 13.2. The SMILES string of the molecule is CC(=O)N[C@H]1C(O)[C@@H](O)C(CO)O[C@H]1OCCCCCC(N)=O. The highest BCUT2D eigenvalue weighted by atomic mass is 16.7. The van der Waals surface area contributed by atoms with Gasteiger partial charge in [-0.15, -0.1) is 0 Å². The van der Waals surface area contributed by atoms with Crippen LogP contribution in [-0.2, 0) is 19.1 Å². The number of aliphatic hydroxyl groups is 3. The third-order valence-corrected chi connectivity index (χ3v) is 3.60. The van der Waals surface area contributed by atoms with Crippen molar-refractivity contribution in [3.8, 4) is 0 Å². The summed E-state index contributed by atoms with van der Waals surface area (Å²) in [7, 11) is 0. The van der Waals surface area contributed by atoms with Gasteiger partial charge in [-0.3, -0.25) is 9.59 Å². The lowest BCUT2D eigenvalue weighted by atomic mass is 9.97. The van der Waals surface area contributed by atoms with E-state index >= 15 is 0 Å². The number of primary amides is 1. The van der Waals surface area contributed by atoms with Crippen LogP contribution in [0, 0.1) is 0 Å². The molecule has 0 spiro atoms. The number of nitrogens with two attached hydrogens (primary N) is 1. The van der Waals surface area contributed by atoms with Gasteiger partial charge in [0.2, 0.25) is 11.8 Å². The van der Waals surface area contributed by atoms with Crippen LogP contribution in [-0.4, -0.2) is 71.0 Å². The minimum Gasteiger partial charge on any atom is -0.394 e. The summed E-state index contributed by atoms with van der Waals surface area (Å²) < 4.78 is 10.9. The van der Waals surface area contributed by atoms with E-state index < -0.39 is 43.2 Å². The maximum atomic E-state index is 11.2. The molecular formula is C14H26N2O7. The van der Waals surface area contributed by atoms with E-state index in [2.05, 4.69) is 5.32 Å². The smallest absolute Gasteiger partial charge is 0.217 e. The second-order valence-electron chi connectivity index (χ2n) is 5.58. The topological polar surface area (TPSA) is 151 Å². The number of carbonyl (C=O) groups excluding carboxylic acids is 2. The fourth-order valence-corrected chi connectivity index (χ4v) is 2.39. The van der Waals surface area contributed by atoms with Crippen molar-refractivity contribution in [1.82, 2.24) is 5.32 Å². The molecule has 0 radical (unpaired) electrons. The van der Waals surface area contributed by atoms with E-state index in [0.29, 0.717) is 19.3 Å². The minimum atomic E-state index is -1.33. The lowest BCUT2D eigenvalue weighted by molar-refractivity contribution is -0.270. The van der Waals surface area contributed by atoms with Crippen molar-refractivity contribution in [2.75, 3.05) is 13.2 Å². The molecule has 2 unspecified atom stereocenters. The Hall–Kier alpha value is -1.26. The molecule has 1 aliphatic heterocycles. The number of hydrogen-bond acceptors (Lipinski definition) is 7. The van der Waals surface area contributed by atoms with Crippen LogP contribution >= 0.6 is 0 Å². The Morgan fingerprint density at radius 2 is 1.91 bits per heavy atom. The van der Waals surface area contributed by atoms with Gasteiger partial charge in [-0.05, 0) is 12.8 Å². The van der Waals surface area contributed by atoms with E-state index in [4.69, 9.17) is 15.2 Å². The van der Waals surface area contributed by atoms with Crippen molar-refractivity contribution >= 4 is 11.8 Å².